The van der Waals surface area contributed by atoms with Gasteiger partial charge in [-0.05, 0) is 65.5 Å². The van der Waals surface area contributed by atoms with Crippen LogP contribution >= 0.6 is 22.6 Å². The maximum atomic E-state index is 13.0. The Morgan fingerprint density at radius 3 is 2.76 bits per heavy atom. The fourth-order valence-electron chi connectivity index (χ4n) is 2.27. The Labute approximate surface area is 115 Å². The highest BCUT2D eigenvalue weighted by atomic mass is 127. The van der Waals surface area contributed by atoms with Crippen molar-refractivity contribution in [2.45, 2.75) is 25.3 Å². The third kappa shape index (κ3) is 3.63. The van der Waals surface area contributed by atoms with Crippen LogP contribution in [0.3, 0.4) is 0 Å². The van der Waals surface area contributed by atoms with Gasteiger partial charge in [0.15, 0.2) is 0 Å². The van der Waals surface area contributed by atoms with Gasteiger partial charge in [-0.1, -0.05) is 6.07 Å². The summed E-state index contributed by atoms with van der Waals surface area (Å²) in [6, 6.07) is 4.84. The molecule has 1 fully saturated rings. The minimum Gasteiger partial charge on any atom is -0.381 e. The van der Waals surface area contributed by atoms with Gasteiger partial charge in [-0.15, -0.1) is 0 Å². The van der Waals surface area contributed by atoms with Gasteiger partial charge in [0.1, 0.15) is 5.82 Å². The number of halogens is 2. The average molecular weight is 349 g/mol. The summed E-state index contributed by atoms with van der Waals surface area (Å²) in [5.41, 5.74) is 7.26. The minimum atomic E-state index is -0.198. The predicted octanol–water partition coefficient (Wildman–Crippen LogP) is 3.25. The summed E-state index contributed by atoms with van der Waals surface area (Å²) < 4.78 is 19.3. The number of hydrogen-bond acceptors (Lipinski definition) is 2. The lowest BCUT2D eigenvalue weighted by Crippen LogP contribution is -2.22. The molecular formula is C13H17FINO. The first-order chi connectivity index (χ1) is 8.16. The number of hydrogen-bond donors (Lipinski definition) is 1. The second-order valence-electron chi connectivity index (χ2n) is 4.56. The molecule has 0 aliphatic carbocycles. The van der Waals surface area contributed by atoms with Crippen LogP contribution in [0.25, 0.3) is 0 Å². The van der Waals surface area contributed by atoms with E-state index in [4.69, 9.17) is 10.5 Å². The summed E-state index contributed by atoms with van der Waals surface area (Å²) in [7, 11) is 0. The van der Waals surface area contributed by atoms with Gasteiger partial charge in [-0.3, -0.25) is 0 Å². The summed E-state index contributed by atoms with van der Waals surface area (Å²) in [5, 5.41) is 0. The van der Waals surface area contributed by atoms with Crippen molar-refractivity contribution in [1.29, 1.82) is 0 Å². The third-order valence-electron chi connectivity index (χ3n) is 3.29. The summed E-state index contributed by atoms with van der Waals surface area (Å²) in [6.45, 7) is 1.69. The Morgan fingerprint density at radius 1 is 1.41 bits per heavy atom. The first kappa shape index (κ1) is 13.2. The number of rotatable bonds is 3. The molecule has 4 heteroatoms. The van der Waals surface area contributed by atoms with Crippen molar-refractivity contribution < 1.29 is 9.13 Å². The van der Waals surface area contributed by atoms with E-state index in [2.05, 4.69) is 22.6 Å². The first-order valence-electron chi connectivity index (χ1n) is 5.95. The fraction of sp³-hybridized carbons (Fsp3) is 0.538. The third-order valence-corrected chi connectivity index (χ3v) is 4.22. The van der Waals surface area contributed by atoms with Crippen LogP contribution in [0.1, 0.15) is 30.9 Å². The van der Waals surface area contributed by atoms with Gasteiger partial charge in [0.05, 0.1) is 0 Å². The van der Waals surface area contributed by atoms with Gasteiger partial charge < -0.3 is 10.5 Å². The maximum absolute atomic E-state index is 13.0. The van der Waals surface area contributed by atoms with Gasteiger partial charge >= 0.3 is 0 Å². The lowest BCUT2D eigenvalue weighted by atomic mass is 9.90. The topological polar surface area (TPSA) is 35.2 Å². The predicted molar refractivity (Wildman–Crippen MR) is 74.2 cm³/mol. The lowest BCUT2D eigenvalue weighted by Gasteiger charge is -2.25. The standard InChI is InChI=1S/C13H17FINO/c14-10-1-2-11(12(15)8-10)13(16)7-9-3-5-17-6-4-9/h1-2,8-9,13H,3-7,16H2. The smallest absolute Gasteiger partial charge is 0.124 e. The molecule has 0 spiro atoms. The van der Waals surface area contributed by atoms with Crippen LogP contribution in [-0.4, -0.2) is 13.2 Å². The van der Waals surface area contributed by atoms with Crippen molar-refractivity contribution >= 4 is 22.6 Å². The Morgan fingerprint density at radius 2 is 2.12 bits per heavy atom. The van der Waals surface area contributed by atoms with E-state index in [0.717, 1.165) is 41.6 Å². The summed E-state index contributed by atoms with van der Waals surface area (Å²) in [5.74, 6) is 0.441. The van der Waals surface area contributed by atoms with E-state index in [-0.39, 0.29) is 11.9 Å². The maximum Gasteiger partial charge on any atom is 0.124 e. The number of benzene rings is 1. The number of ether oxygens (including phenoxy) is 1. The molecule has 0 aromatic heterocycles. The Hall–Kier alpha value is -0.200. The molecule has 0 saturated carbocycles. The Balaban J connectivity index is 2.00. The van der Waals surface area contributed by atoms with E-state index >= 15 is 0 Å². The largest absolute Gasteiger partial charge is 0.381 e. The normalized spacial score (nSPS) is 19.2. The molecule has 1 aromatic rings. The molecule has 0 amide bonds. The highest BCUT2D eigenvalue weighted by Gasteiger charge is 2.19. The number of nitrogens with two attached hydrogens (primary N) is 1. The molecule has 2 rings (SSSR count). The molecule has 1 unspecified atom stereocenters. The monoisotopic (exact) mass is 349 g/mol. The van der Waals surface area contributed by atoms with Crippen LogP contribution in [-0.2, 0) is 4.74 Å². The molecule has 1 heterocycles. The van der Waals surface area contributed by atoms with E-state index in [0.29, 0.717) is 5.92 Å². The lowest BCUT2D eigenvalue weighted by molar-refractivity contribution is 0.0618. The SMILES string of the molecule is NC(CC1CCOCC1)c1ccc(F)cc1I. The highest BCUT2D eigenvalue weighted by Crippen LogP contribution is 2.28. The average Bonchev–Trinajstić information content (AvgIpc) is 2.30. The van der Waals surface area contributed by atoms with Crippen molar-refractivity contribution in [1.82, 2.24) is 0 Å². The molecule has 1 aliphatic heterocycles. The van der Waals surface area contributed by atoms with E-state index in [1.54, 1.807) is 12.1 Å². The quantitative estimate of drug-likeness (QED) is 0.851. The Kier molecular flexibility index (Phi) is 4.76. The zero-order chi connectivity index (χ0) is 12.3. The van der Waals surface area contributed by atoms with Gasteiger partial charge in [0.25, 0.3) is 0 Å². The van der Waals surface area contributed by atoms with Crippen LogP contribution in [0, 0.1) is 15.3 Å². The van der Waals surface area contributed by atoms with Crippen LogP contribution in [0.15, 0.2) is 18.2 Å². The van der Waals surface area contributed by atoms with Crippen LogP contribution in [0.5, 0.6) is 0 Å². The van der Waals surface area contributed by atoms with Crippen molar-refractivity contribution in [3.63, 3.8) is 0 Å². The molecule has 2 N–H and O–H groups in total. The van der Waals surface area contributed by atoms with Crippen molar-refractivity contribution in [3.8, 4) is 0 Å². The second-order valence-corrected chi connectivity index (χ2v) is 5.73. The van der Waals surface area contributed by atoms with Crippen molar-refractivity contribution in [2.75, 3.05) is 13.2 Å². The zero-order valence-electron chi connectivity index (χ0n) is 9.66. The molecule has 17 heavy (non-hydrogen) atoms. The Bertz CT molecular complexity index is 380. The van der Waals surface area contributed by atoms with Gasteiger partial charge in [0.2, 0.25) is 0 Å². The summed E-state index contributed by atoms with van der Waals surface area (Å²) >= 11 is 2.15. The van der Waals surface area contributed by atoms with Crippen molar-refractivity contribution in [3.05, 3.63) is 33.1 Å². The molecule has 94 valence electrons. The van der Waals surface area contributed by atoms with Crippen LogP contribution in [0.2, 0.25) is 0 Å². The van der Waals surface area contributed by atoms with Gasteiger partial charge in [0, 0.05) is 22.8 Å². The molecule has 1 aliphatic rings. The second kappa shape index (κ2) is 6.11. The molecule has 0 bridgehead atoms. The first-order valence-corrected chi connectivity index (χ1v) is 7.03. The molecule has 1 aromatic carbocycles. The fourth-order valence-corrected chi connectivity index (χ4v) is 3.15. The van der Waals surface area contributed by atoms with E-state index < -0.39 is 0 Å². The molecule has 2 nitrogen and oxygen atoms in total. The minimum absolute atomic E-state index is 0.00519. The van der Waals surface area contributed by atoms with E-state index in [9.17, 15) is 4.39 Å². The summed E-state index contributed by atoms with van der Waals surface area (Å²) in [4.78, 5) is 0. The van der Waals surface area contributed by atoms with Gasteiger partial charge in [-0.25, -0.2) is 4.39 Å². The van der Waals surface area contributed by atoms with E-state index in [1.807, 2.05) is 0 Å². The zero-order valence-corrected chi connectivity index (χ0v) is 11.8. The van der Waals surface area contributed by atoms with E-state index in [1.165, 1.54) is 6.07 Å². The van der Waals surface area contributed by atoms with Crippen molar-refractivity contribution in [2.24, 2.45) is 11.7 Å². The molecule has 0 radical (unpaired) electrons. The molecule has 1 saturated heterocycles. The van der Waals surface area contributed by atoms with Crippen LogP contribution < -0.4 is 5.73 Å². The van der Waals surface area contributed by atoms with Crippen LogP contribution in [0.4, 0.5) is 4.39 Å². The summed E-state index contributed by atoms with van der Waals surface area (Å²) in [6.07, 6.45) is 3.14. The molecular weight excluding hydrogens is 332 g/mol. The van der Waals surface area contributed by atoms with Gasteiger partial charge in [-0.2, -0.15) is 0 Å². The molecule has 1 atom stereocenters. The highest BCUT2D eigenvalue weighted by molar-refractivity contribution is 14.1.